The second kappa shape index (κ2) is 5.46. The van der Waals surface area contributed by atoms with Crippen molar-refractivity contribution in [2.24, 2.45) is 0 Å². The molecule has 1 saturated heterocycles. The van der Waals surface area contributed by atoms with E-state index in [0.29, 0.717) is 5.75 Å². The number of aromatic nitrogens is 1. The Kier molecular flexibility index (Phi) is 3.68. The average molecular weight is 273 g/mol. The van der Waals surface area contributed by atoms with Gasteiger partial charge in [0.2, 0.25) is 0 Å². The van der Waals surface area contributed by atoms with E-state index in [9.17, 15) is 5.11 Å². The van der Waals surface area contributed by atoms with Gasteiger partial charge >= 0.3 is 0 Å². The van der Waals surface area contributed by atoms with Crippen molar-refractivity contribution < 1.29 is 5.11 Å². The summed E-state index contributed by atoms with van der Waals surface area (Å²) in [7, 11) is 2.18. The van der Waals surface area contributed by atoms with Crippen molar-refractivity contribution in [3.8, 4) is 5.75 Å². The van der Waals surface area contributed by atoms with Crippen LogP contribution in [0.3, 0.4) is 0 Å². The lowest BCUT2D eigenvalue weighted by atomic mass is 10.2. The van der Waals surface area contributed by atoms with Crippen molar-refractivity contribution >= 4 is 10.9 Å². The van der Waals surface area contributed by atoms with E-state index in [2.05, 4.69) is 40.5 Å². The fourth-order valence-electron chi connectivity index (χ4n) is 3.06. The molecule has 0 saturated carbocycles. The first kappa shape index (κ1) is 13.5. The van der Waals surface area contributed by atoms with Gasteiger partial charge in [0.25, 0.3) is 0 Å². The minimum absolute atomic E-state index is 0.384. The fourth-order valence-corrected chi connectivity index (χ4v) is 3.06. The molecule has 2 heterocycles. The molecule has 4 nitrogen and oxygen atoms in total. The first-order chi connectivity index (χ1) is 9.69. The van der Waals surface area contributed by atoms with E-state index >= 15 is 0 Å². The van der Waals surface area contributed by atoms with Crippen LogP contribution in [0.25, 0.3) is 10.9 Å². The summed E-state index contributed by atoms with van der Waals surface area (Å²) >= 11 is 0. The number of likely N-dealkylation sites (N-methyl/N-ethyl adjacent to an activating group) is 1. The van der Waals surface area contributed by atoms with Gasteiger partial charge < -0.3 is 14.6 Å². The molecular formula is C16H23N3O. The van der Waals surface area contributed by atoms with E-state index in [-0.39, 0.29) is 0 Å². The molecule has 0 radical (unpaired) electrons. The largest absolute Gasteiger partial charge is 0.507 e. The quantitative estimate of drug-likeness (QED) is 0.929. The third kappa shape index (κ3) is 2.41. The molecule has 0 aliphatic carbocycles. The Morgan fingerprint density at radius 2 is 1.90 bits per heavy atom. The molecule has 1 fully saturated rings. The standard InChI is InChI=1S/C16H23N3O/c1-3-19-13(12-18-9-7-17(2)8-10-18)11-14-15(19)5-4-6-16(14)20/h4-6,11,20H,3,7-10,12H2,1-2H3. The minimum atomic E-state index is 0.384. The second-order valence-electron chi connectivity index (χ2n) is 5.67. The Morgan fingerprint density at radius 3 is 2.60 bits per heavy atom. The van der Waals surface area contributed by atoms with Gasteiger partial charge in [-0.1, -0.05) is 6.07 Å². The van der Waals surface area contributed by atoms with Crippen LogP contribution in [-0.4, -0.2) is 52.7 Å². The highest BCUT2D eigenvalue weighted by Gasteiger charge is 2.17. The molecule has 0 bridgehead atoms. The van der Waals surface area contributed by atoms with Crippen LogP contribution in [0.5, 0.6) is 5.75 Å². The highest BCUT2D eigenvalue weighted by atomic mass is 16.3. The van der Waals surface area contributed by atoms with Gasteiger partial charge in [0.05, 0.1) is 5.52 Å². The van der Waals surface area contributed by atoms with Gasteiger partial charge in [-0.25, -0.2) is 0 Å². The Hall–Kier alpha value is -1.52. The van der Waals surface area contributed by atoms with Crippen molar-refractivity contribution in [1.29, 1.82) is 0 Å². The molecule has 3 rings (SSSR count). The van der Waals surface area contributed by atoms with E-state index in [0.717, 1.165) is 50.2 Å². The van der Waals surface area contributed by atoms with E-state index in [1.54, 1.807) is 6.07 Å². The molecule has 108 valence electrons. The summed E-state index contributed by atoms with van der Waals surface area (Å²) in [4.78, 5) is 4.87. The summed E-state index contributed by atoms with van der Waals surface area (Å²) in [5.74, 6) is 0.384. The van der Waals surface area contributed by atoms with E-state index < -0.39 is 0 Å². The Labute approximate surface area is 120 Å². The number of benzene rings is 1. The first-order valence-corrected chi connectivity index (χ1v) is 7.40. The van der Waals surface area contributed by atoms with Crippen molar-refractivity contribution in [3.63, 3.8) is 0 Å². The number of phenolic OH excluding ortho intramolecular Hbond substituents is 1. The van der Waals surface area contributed by atoms with Gasteiger partial charge in [-0.15, -0.1) is 0 Å². The number of hydrogen-bond donors (Lipinski definition) is 1. The average Bonchev–Trinajstić information content (AvgIpc) is 2.80. The van der Waals surface area contributed by atoms with Gasteiger partial charge in [0.1, 0.15) is 5.75 Å². The van der Waals surface area contributed by atoms with Crippen molar-refractivity contribution in [2.45, 2.75) is 20.0 Å². The lowest BCUT2D eigenvalue weighted by Gasteiger charge is -2.32. The zero-order chi connectivity index (χ0) is 14.1. The maximum Gasteiger partial charge on any atom is 0.124 e. The summed E-state index contributed by atoms with van der Waals surface area (Å²) in [5.41, 5.74) is 2.44. The van der Waals surface area contributed by atoms with Crippen LogP contribution in [0, 0.1) is 0 Å². The van der Waals surface area contributed by atoms with Crippen LogP contribution >= 0.6 is 0 Å². The molecular weight excluding hydrogens is 250 g/mol. The normalized spacial score (nSPS) is 17.9. The molecule has 1 N–H and O–H groups in total. The molecule has 0 atom stereocenters. The lowest BCUT2D eigenvalue weighted by Crippen LogP contribution is -2.44. The van der Waals surface area contributed by atoms with Crippen LogP contribution in [0.2, 0.25) is 0 Å². The second-order valence-corrected chi connectivity index (χ2v) is 5.67. The highest BCUT2D eigenvalue weighted by Crippen LogP contribution is 2.28. The summed E-state index contributed by atoms with van der Waals surface area (Å²) in [6, 6.07) is 7.92. The van der Waals surface area contributed by atoms with Crippen LogP contribution in [0.4, 0.5) is 0 Å². The molecule has 20 heavy (non-hydrogen) atoms. The van der Waals surface area contributed by atoms with Crippen LogP contribution in [0.1, 0.15) is 12.6 Å². The molecule has 0 spiro atoms. The number of aryl methyl sites for hydroxylation is 1. The van der Waals surface area contributed by atoms with E-state index in [4.69, 9.17) is 0 Å². The molecule has 2 aromatic rings. The maximum absolute atomic E-state index is 10.0. The number of hydrogen-bond acceptors (Lipinski definition) is 3. The molecule has 0 unspecified atom stereocenters. The first-order valence-electron chi connectivity index (χ1n) is 7.40. The number of piperazine rings is 1. The summed E-state index contributed by atoms with van der Waals surface area (Å²) < 4.78 is 2.31. The van der Waals surface area contributed by atoms with Gasteiger partial charge in [0, 0.05) is 50.3 Å². The van der Waals surface area contributed by atoms with Gasteiger partial charge in [-0.3, -0.25) is 4.90 Å². The topological polar surface area (TPSA) is 31.6 Å². The summed E-state index contributed by atoms with van der Waals surface area (Å²) in [6.07, 6.45) is 0. The smallest absolute Gasteiger partial charge is 0.124 e. The third-order valence-corrected chi connectivity index (χ3v) is 4.31. The number of aromatic hydroxyl groups is 1. The zero-order valence-electron chi connectivity index (χ0n) is 12.3. The third-order valence-electron chi connectivity index (χ3n) is 4.31. The number of rotatable bonds is 3. The van der Waals surface area contributed by atoms with Gasteiger partial charge in [0.15, 0.2) is 0 Å². The van der Waals surface area contributed by atoms with Crippen LogP contribution in [-0.2, 0) is 13.1 Å². The fraction of sp³-hybridized carbons (Fsp3) is 0.500. The lowest BCUT2D eigenvalue weighted by molar-refractivity contribution is 0.146. The Morgan fingerprint density at radius 1 is 1.15 bits per heavy atom. The van der Waals surface area contributed by atoms with Gasteiger partial charge in [-0.05, 0) is 32.2 Å². The van der Waals surface area contributed by atoms with Gasteiger partial charge in [-0.2, -0.15) is 0 Å². The minimum Gasteiger partial charge on any atom is -0.507 e. The zero-order valence-corrected chi connectivity index (χ0v) is 12.3. The summed E-state index contributed by atoms with van der Waals surface area (Å²) in [5, 5.41) is 11.0. The molecule has 4 heteroatoms. The van der Waals surface area contributed by atoms with E-state index in [1.165, 1.54) is 5.69 Å². The van der Waals surface area contributed by atoms with Crippen molar-refractivity contribution in [3.05, 3.63) is 30.0 Å². The maximum atomic E-state index is 10.0. The molecule has 1 aliphatic rings. The predicted octanol–water partition coefficient (Wildman–Crippen LogP) is 2.11. The Balaban J connectivity index is 1.89. The number of nitrogens with zero attached hydrogens (tertiary/aromatic N) is 3. The molecule has 0 amide bonds. The van der Waals surface area contributed by atoms with Crippen LogP contribution in [0.15, 0.2) is 24.3 Å². The summed E-state index contributed by atoms with van der Waals surface area (Å²) in [6.45, 7) is 8.58. The molecule has 1 aromatic carbocycles. The van der Waals surface area contributed by atoms with Crippen molar-refractivity contribution in [2.75, 3.05) is 33.2 Å². The molecule has 1 aromatic heterocycles. The highest BCUT2D eigenvalue weighted by molar-refractivity contribution is 5.87. The van der Waals surface area contributed by atoms with Crippen LogP contribution < -0.4 is 0 Å². The molecule has 1 aliphatic heterocycles. The number of phenols is 1. The van der Waals surface area contributed by atoms with E-state index in [1.807, 2.05) is 6.07 Å². The van der Waals surface area contributed by atoms with Crippen molar-refractivity contribution in [1.82, 2.24) is 14.4 Å². The Bertz CT molecular complexity index is 597. The number of fused-ring (bicyclic) bond motifs is 1. The predicted molar refractivity (Wildman–Crippen MR) is 82.1 cm³/mol. The monoisotopic (exact) mass is 273 g/mol. The SMILES string of the molecule is CCn1c(CN2CCN(C)CC2)cc2c(O)cccc21.